The number of carbonyl (C=O) groups excluding carboxylic acids is 1. The van der Waals surface area contributed by atoms with E-state index in [9.17, 15) is 4.79 Å². The number of nitrogen functional groups attached to an aromatic ring is 1. The van der Waals surface area contributed by atoms with Crippen LogP contribution in [0, 0.1) is 0 Å². The monoisotopic (exact) mass is 283 g/mol. The van der Waals surface area contributed by atoms with E-state index in [0.29, 0.717) is 22.9 Å². The van der Waals surface area contributed by atoms with Crippen molar-refractivity contribution in [3.8, 4) is 11.5 Å². The van der Waals surface area contributed by atoms with Crippen LogP contribution in [0.2, 0.25) is 0 Å². The van der Waals surface area contributed by atoms with E-state index in [1.165, 1.54) is 12.5 Å². The van der Waals surface area contributed by atoms with Crippen LogP contribution >= 0.6 is 0 Å². The largest absolute Gasteiger partial charge is 0.457 e. The number of anilines is 1. The summed E-state index contributed by atoms with van der Waals surface area (Å²) < 4.78 is 5.78. The van der Waals surface area contributed by atoms with Gasteiger partial charge in [0.15, 0.2) is 5.78 Å². The number of carbonyl (C=O) groups is 1. The van der Waals surface area contributed by atoms with Crippen LogP contribution in [-0.4, -0.2) is 5.78 Å². The highest BCUT2D eigenvalue weighted by molar-refractivity contribution is 5.99. The first-order chi connectivity index (χ1) is 10.0. The molecule has 0 saturated carbocycles. The molecule has 0 aliphatic carbocycles. The normalized spacial score (nSPS) is 12.0. The Kier molecular flexibility index (Phi) is 4.63. The molecule has 0 bridgehead atoms. The van der Waals surface area contributed by atoms with Crippen molar-refractivity contribution < 1.29 is 9.53 Å². The van der Waals surface area contributed by atoms with Crippen LogP contribution in [0.25, 0.3) is 0 Å². The fourth-order valence-electron chi connectivity index (χ4n) is 2.14. The van der Waals surface area contributed by atoms with E-state index in [-0.39, 0.29) is 5.78 Å². The molecular formula is C18H21NO2. The van der Waals surface area contributed by atoms with Crippen LogP contribution < -0.4 is 10.5 Å². The maximum atomic E-state index is 11.5. The first kappa shape index (κ1) is 15.1. The molecule has 0 radical (unpaired) electrons. The lowest BCUT2D eigenvalue weighted by Crippen LogP contribution is -1.99. The number of hydrogen-bond acceptors (Lipinski definition) is 3. The van der Waals surface area contributed by atoms with Crippen molar-refractivity contribution in [2.24, 2.45) is 0 Å². The molecule has 2 N–H and O–H groups in total. The van der Waals surface area contributed by atoms with Gasteiger partial charge in [0.05, 0.1) is 0 Å². The topological polar surface area (TPSA) is 52.3 Å². The average molecular weight is 283 g/mol. The number of ether oxygens (including phenoxy) is 1. The highest BCUT2D eigenvalue weighted by atomic mass is 16.5. The fourth-order valence-corrected chi connectivity index (χ4v) is 2.14. The van der Waals surface area contributed by atoms with Crippen LogP contribution in [0.4, 0.5) is 5.69 Å². The molecule has 2 rings (SSSR count). The molecule has 3 nitrogen and oxygen atoms in total. The Morgan fingerprint density at radius 2 is 1.76 bits per heavy atom. The lowest BCUT2D eigenvalue weighted by molar-refractivity contribution is 0.101. The van der Waals surface area contributed by atoms with Crippen molar-refractivity contribution in [1.82, 2.24) is 0 Å². The minimum Gasteiger partial charge on any atom is -0.457 e. The third kappa shape index (κ3) is 3.63. The van der Waals surface area contributed by atoms with Crippen molar-refractivity contribution in [3.63, 3.8) is 0 Å². The minimum atomic E-state index is -0.0648. The van der Waals surface area contributed by atoms with E-state index in [4.69, 9.17) is 10.5 Å². The van der Waals surface area contributed by atoms with Crippen LogP contribution in [0.1, 0.15) is 49.0 Å². The van der Waals surface area contributed by atoms with Gasteiger partial charge in [0.25, 0.3) is 0 Å². The fraction of sp³-hybridized carbons (Fsp3) is 0.278. The lowest BCUT2D eigenvalue weighted by atomic mass is 9.99. The number of hydrogen-bond donors (Lipinski definition) is 1. The maximum absolute atomic E-state index is 11.5. The van der Waals surface area contributed by atoms with Gasteiger partial charge in [0.2, 0.25) is 0 Å². The SMILES string of the molecule is CCC(C)c1ccc(Oc2ccc(N)c(C(C)=O)c2)cc1. The molecule has 110 valence electrons. The second-order valence-electron chi connectivity index (χ2n) is 5.29. The van der Waals surface area contributed by atoms with Gasteiger partial charge in [-0.1, -0.05) is 26.0 Å². The molecule has 0 aromatic heterocycles. The van der Waals surface area contributed by atoms with Gasteiger partial charge >= 0.3 is 0 Å². The molecule has 2 aromatic rings. The van der Waals surface area contributed by atoms with E-state index in [2.05, 4.69) is 26.0 Å². The first-order valence-corrected chi connectivity index (χ1v) is 7.19. The number of Topliss-reactive ketones (excluding diaryl/α,β-unsaturated/α-hetero) is 1. The van der Waals surface area contributed by atoms with E-state index in [1.54, 1.807) is 18.2 Å². The Hall–Kier alpha value is -2.29. The van der Waals surface area contributed by atoms with Gasteiger partial charge in [0.1, 0.15) is 11.5 Å². The number of nitrogens with two attached hydrogens (primary N) is 1. The molecule has 0 fully saturated rings. The molecule has 2 aromatic carbocycles. The Bertz CT molecular complexity index is 632. The van der Waals surface area contributed by atoms with E-state index < -0.39 is 0 Å². The van der Waals surface area contributed by atoms with E-state index in [1.807, 2.05) is 12.1 Å². The molecule has 0 spiro atoms. The van der Waals surface area contributed by atoms with Crippen molar-refractivity contribution in [2.75, 3.05) is 5.73 Å². The summed E-state index contributed by atoms with van der Waals surface area (Å²) in [6.07, 6.45) is 1.11. The van der Waals surface area contributed by atoms with E-state index >= 15 is 0 Å². The first-order valence-electron chi connectivity index (χ1n) is 7.19. The summed E-state index contributed by atoms with van der Waals surface area (Å²) in [5, 5.41) is 0. The Morgan fingerprint density at radius 3 is 2.33 bits per heavy atom. The Balaban J connectivity index is 2.18. The average Bonchev–Trinajstić information content (AvgIpc) is 2.49. The summed E-state index contributed by atoms with van der Waals surface area (Å²) >= 11 is 0. The molecule has 0 heterocycles. The van der Waals surface area contributed by atoms with Crippen molar-refractivity contribution in [3.05, 3.63) is 53.6 Å². The summed E-state index contributed by atoms with van der Waals surface area (Å²) in [5.74, 6) is 1.84. The van der Waals surface area contributed by atoms with Gasteiger partial charge in [-0.3, -0.25) is 4.79 Å². The molecule has 1 atom stereocenters. The zero-order valence-electron chi connectivity index (χ0n) is 12.7. The van der Waals surface area contributed by atoms with Crippen LogP contribution in [0.5, 0.6) is 11.5 Å². The Morgan fingerprint density at radius 1 is 1.14 bits per heavy atom. The molecule has 0 aliphatic rings. The summed E-state index contributed by atoms with van der Waals surface area (Å²) in [7, 11) is 0. The third-order valence-electron chi connectivity index (χ3n) is 3.70. The summed E-state index contributed by atoms with van der Waals surface area (Å²) in [6, 6.07) is 13.2. The lowest BCUT2D eigenvalue weighted by Gasteiger charge is -2.11. The van der Waals surface area contributed by atoms with Gasteiger partial charge in [0, 0.05) is 11.3 Å². The zero-order chi connectivity index (χ0) is 15.4. The second-order valence-corrected chi connectivity index (χ2v) is 5.29. The molecule has 1 unspecified atom stereocenters. The predicted molar refractivity (Wildman–Crippen MR) is 86.1 cm³/mol. The minimum absolute atomic E-state index is 0.0648. The third-order valence-corrected chi connectivity index (χ3v) is 3.70. The van der Waals surface area contributed by atoms with Gasteiger partial charge in [-0.15, -0.1) is 0 Å². The van der Waals surface area contributed by atoms with Crippen LogP contribution in [-0.2, 0) is 0 Å². The highest BCUT2D eigenvalue weighted by Gasteiger charge is 2.08. The predicted octanol–water partition coefficient (Wildman–Crippen LogP) is 4.78. The van der Waals surface area contributed by atoms with Crippen molar-refractivity contribution >= 4 is 11.5 Å². The number of rotatable bonds is 5. The van der Waals surface area contributed by atoms with Gasteiger partial charge < -0.3 is 10.5 Å². The summed E-state index contributed by atoms with van der Waals surface area (Å²) in [4.78, 5) is 11.5. The molecule has 21 heavy (non-hydrogen) atoms. The molecule has 3 heteroatoms. The van der Waals surface area contributed by atoms with Crippen LogP contribution in [0.3, 0.4) is 0 Å². The zero-order valence-corrected chi connectivity index (χ0v) is 12.7. The van der Waals surface area contributed by atoms with Crippen LogP contribution in [0.15, 0.2) is 42.5 Å². The van der Waals surface area contributed by atoms with Crippen molar-refractivity contribution in [1.29, 1.82) is 0 Å². The molecule has 0 aliphatic heterocycles. The summed E-state index contributed by atoms with van der Waals surface area (Å²) in [5.41, 5.74) is 8.04. The Labute approximate surface area is 125 Å². The number of benzene rings is 2. The van der Waals surface area contributed by atoms with Gasteiger partial charge in [-0.05, 0) is 55.2 Å². The molecular weight excluding hydrogens is 262 g/mol. The molecule has 0 saturated heterocycles. The smallest absolute Gasteiger partial charge is 0.162 e. The molecule has 0 amide bonds. The summed E-state index contributed by atoms with van der Waals surface area (Å²) in [6.45, 7) is 5.87. The van der Waals surface area contributed by atoms with E-state index in [0.717, 1.165) is 12.2 Å². The van der Waals surface area contributed by atoms with Gasteiger partial charge in [-0.25, -0.2) is 0 Å². The maximum Gasteiger partial charge on any atom is 0.162 e. The quantitative estimate of drug-likeness (QED) is 0.634. The number of ketones is 1. The van der Waals surface area contributed by atoms with Gasteiger partial charge in [-0.2, -0.15) is 0 Å². The second kappa shape index (κ2) is 6.44. The van der Waals surface area contributed by atoms with Crippen molar-refractivity contribution in [2.45, 2.75) is 33.1 Å². The highest BCUT2D eigenvalue weighted by Crippen LogP contribution is 2.27. The standard InChI is InChI=1S/C18H21NO2/c1-4-12(2)14-5-7-15(8-6-14)21-16-9-10-18(19)17(11-16)13(3)20/h5-12H,4,19H2,1-3H3.